The molecule has 8 nitrogen and oxygen atoms in total. The lowest BCUT2D eigenvalue weighted by Gasteiger charge is -2.29. The third-order valence-corrected chi connectivity index (χ3v) is 5.86. The van der Waals surface area contributed by atoms with Crippen LogP contribution in [0.1, 0.15) is 39.9 Å². The fourth-order valence-electron chi connectivity index (χ4n) is 3.73. The van der Waals surface area contributed by atoms with Gasteiger partial charge in [0.05, 0.1) is 6.54 Å². The molecule has 10 heteroatoms. The summed E-state index contributed by atoms with van der Waals surface area (Å²) in [6.07, 6.45) is -0.466. The van der Waals surface area contributed by atoms with Crippen molar-refractivity contribution in [2.45, 2.75) is 39.0 Å². The minimum Gasteiger partial charge on any atom is -0.444 e. The lowest BCUT2D eigenvalue weighted by atomic mass is 10.0. The second kappa shape index (κ2) is 8.58. The number of rotatable bonds is 4. The van der Waals surface area contributed by atoms with Crippen LogP contribution >= 0.6 is 11.6 Å². The largest absolute Gasteiger partial charge is 0.444 e. The van der Waals surface area contributed by atoms with Crippen LogP contribution in [-0.2, 0) is 27.5 Å². The summed E-state index contributed by atoms with van der Waals surface area (Å²) >= 11 is 6.03. The van der Waals surface area contributed by atoms with Gasteiger partial charge in [0.2, 0.25) is 11.8 Å². The summed E-state index contributed by atoms with van der Waals surface area (Å²) < 4.78 is 19.8. The second-order valence-corrected chi connectivity index (χ2v) is 8.08. The maximum absolute atomic E-state index is 14.7. The molecule has 0 spiro atoms. The zero-order valence-electron chi connectivity index (χ0n) is 17.0. The fourth-order valence-corrected chi connectivity index (χ4v) is 3.91. The normalized spacial score (nSPS) is 17.8. The summed E-state index contributed by atoms with van der Waals surface area (Å²) in [5.74, 6) is -2.10. The maximum atomic E-state index is 14.7. The Balaban J connectivity index is 1.43. The quantitative estimate of drug-likeness (QED) is 0.682. The molecule has 1 saturated heterocycles. The molecule has 1 fully saturated rings. The number of carbonyl (C=O) groups is 4. The van der Waals surface area contributed by atoms with E-state index in [1.165, 1.54) is 17.0 Å². The minimum absolute atomic E-state index is 0.0674. The number of anilines is 1. The Morgan fingerprint density at radius 3 is 2.78 bits per heavy atom. The van der Waals surface area contributed by atoms with Gasteiger partial charge in [0.15, 0.2) is 0 Å². The molecule has 0 saturated carbocycles. The summed E-state index contributed by atoms with van der Waals surface area (Å²) in [7, 11) is 0. The van der Waals surface area contributed by atoms with Crippen molar-refractivity contribution in [3.63, 3.8) is 0 Å². The highest BCUT2D eigenvalue weighted by Crippen LogP contribution is 2.30. The van der Waals surface area contributed by atoms with E-state index in [2.05, 4.69) is 10.6 Å². The van der Waals surface area contributed by atoms with E-state index in [0.717, 1.165) is 5.56 Å². The number of imide groups is 1. The molecule has 32 heavy (non-hydrogen) atoms. The van der Waals surface area contributed by atoms with Gasteiger partial charge in [-0.3, -0.25) is 25.0 Å². The van der Waals surface area contributed by atoms with Gasteiger partial charge >= 0.3 is 6.09 Å². The zero-order chi connectivity index (χ0) is 23.0. The van der Waals surface area contributed by atoms with Crippen molar-refractivity contribution >= 4 is 41.1 Å². The third kappa shape index (κ3) is 4.29. The monoisotopic (exact) mass is 459 g/mol. The van der Waals surface area contributed by atoms with Crippen molar-refractivity contribution in [3.05, 3.63) is 63.4 Å². The van der Waals surface area contributed by atoms with Gasteiger partial charge in [0, 0.05) is 28.3 Å². The smallest absolute Gasteiger partial charge is 0.411 e. The highest BCUT2D eigenvalue weighted by molar-refractivity contribution is 6.31. The van der Waals surface area contributed by atoms with Crippen molar-refractivity contribution in [2.75, 3.05) is 5.32 Å². The number of piperidine rings is 1. The van der Waals surface area contributed by atoms with Crippen molar-refractivity contribution in [3.8, 4) is 0 Å². The maximum Gasteiger partial charge on any atom is 0.411 e. The van der Waals surface area contributed by atoms with Gasteiger partial charge in [0.1, 0.15) is 18.5 Å². The molecule has 166 valence electrons. The minimum atomic E-state index is -0.834. The number of halogens is 2. The number of nitrogens with one attached hydrogen (secondary N) is 2. The Hall–Kier alpha value is -3.46. The van der Waals surface area contributed by atoms with Crippen molar-refractivity contribution in [2.24, 2.45) is 0 Å². The fraction of sp³-hybridized carbons (Fsp3) is 0.273. The Kier molecular flexibility index (Phi) is 5.84. The van der Waals surface area contributed by atoms with E-state index < -0.39 is 35.7 Å². The van der Waals surface area contributed by atoms with Crippen molar-refractivity contribution in [1.29, 1.82) is 0 Å². The van der Waals surface area contributed by atoms with Crippen LogP contribution in [0.4, 0.5) is 14.9 Å². The highest BCUT2D eigenvalue weighted by atomic mass is 35.5. The molecule has 0 bridgehead atoms. The van der Waals surface area contributed by atoms with Crippen molar-refractivity contribution in [1.82, 2.24) is 10.2 Å². The van der Waals surface area contributed by atoms with Crippen LogP contribution < -0.4 is 10.6 Å². The molecule has 0 aromatic heterocycles. The molecule has 2 aromatic rings. The summed E-state index contributed by atoms with van der Waals surface area (Å²) in [6.45, 7) is 1.50. The lowest BCUT2D eigenvalue weighted by Crippen LogP contribution is -2.52. The summed E-state index contributed by atoms with van der Waals surface area (Å²) in [4.78, 5) is 49.6. The molecular formula is C22H19ClFN3O5. The Morgan fingerprint density at radius 2 is 2.06 bits per heavy atom. The number of amides is 4. The predicted octanol–water partition coefficient (Wildman–Crippen LogP) is 3.30. The molecular weight excluding hydrogens is 441 g/mol. The summed E-state index contributed by atoms with van der Waals surface area (Å²) in [6, 6.07) is 6.79. The molecule has 2 aromatic carbocycles. The number of benzene rings is 2. The molecule has 0 radical (unpaired) electrons. The topological polar surface area (TPSA) is 105 Å². The number of hydrogen-bond acceptors (Lipinski definition) is 5. The van der Waals surface area contributed by atoms with Gasteiger partial charge in [0.25, 0.3) is 5.91 Å². The van der Waals surface area contributed by atoms with E-state index >= 15 is 0 Å². The number of nitrogens with zero attached hydrogens (tertiary/aromatic N) is 1. The average Bonchev–Trinajstić information content (AvgIpc) is 3.06. The van der Waals surface area contributed by atoms with Gasteiger partial charge in [-0.05, 0) is 48.7 Å². The first-order valence-electron chi connectivity index (χ1n) is 9.89. The molecule has 2 heterocycles. The van der Waals surface area contributed by atoms with Gasteiger partial charge in [-0.15, -0.1) is 0 Å². The first-order chi connectivity index (χ1) is 15.2. The predicted molar refractivity (Wildman–Crippen MR) is 112 cm³/mol. The summed E-state index contributed by atoms with van der Waals surface area (Å²) in [5, 5.41) is 5.22. The molecule has 2 N–H and O–H groups in total. The van der Waals surface area contributed by atoms with Crippen LogP contribution in [0.2, 0.25) is 5.02 Å². The summed E-state index contributed by atoms with van der Waals surface area (Å²) in [5.41, 5.74) is 1.87. The van der Waals surface area contributed by atoms with Crippen LogP contribution in [0.25, 0.3) is 0 Å². The molecule has 2 aliphatic rings. The number of ether oxygens (including phenoxy) is 1. The molecule has 1 unspecified atom stereocenters. The van der Waals surface area contributed by atoms with Crippen molar-refractivity contribution < 1.29 is 28.3 Å². The highest BCUT2D eigenvalue weighted by Gasteiger charge is 2.40. The van der Waals surface area contributed by atoms with E-state index in [1.807, 2.05) is 6.92 Å². The Morgan fingerprint density at radius 1 is 1.28 bits per heavy atom. The molecule has 4 amide bonds. The van der Waals surface area contributed by atoms with Gasteiger partial charge in [-0.25, -0.2) is 9.18 Å². The Bertz CT molecular complexity index is 1150. The van der Waals surface area contributed by atoms with E-state index in [9.17, 15) is 23.6 Å². The van der Waals surface area contributed by atoms with Crippen LogP contribution in [0.15, 0.2) is 30.3 Å². The first-order valence-corrected chi connectivity index (χ1v) is 10.3. The number of hydrogen-bond donors (Lipinski definition) is 2. The van der Waals surface area contributed by atoms with E-state index in [0.29, 0.717) is 10.7 Å². The number of aryl methyl sites for hydroxylation is 1. The van der Waals surface area contributed by atoms with E-state index in [4.69, 9.17) is 16.3 Å². The van der Waals surface area contributed by atoms with Crippen LogP contribution in [0.3, 0.4) is 0 Å². The standard InChI is InChI=1S/C22H19ClFN3O5/c1-11-2-3-13(8-16(11)23)25-22(31)32-10-12-6-14-15(17(24)7-12)9-27(21(14)30)18-4-5-19(28)26-20(18)29/h2-3,6-8,18H,4-5,9-10H2,1H3,(H,25,31)(H,26,28,29). The zero-order valence-corrected chi connectivity index (χ0v) is 17.8. The van der Waals surface area contributed by atoms with Gasteiger partial charge < -0.3 is 9.64 Å². The molecule has 2 aliphatic heterocycles. The molecule has 1 atom stereocenters. The van der Waals surface area contributed by atoms with Crippen LogP contribution in [-0.4, -0.2) is 34.8 Å². The van der Waals surface area contributed by atoms with E-state index in [1.54, 1.807) is 18.2 Å². The van der Waals surface area contributed by atoms with Crippen LogP contribution in [0.5, 0.6) is 0 Å². The first kappa shape index (κ1) is 21.8. The number of carbonyl (C=O) groups excluding carboxylic acids is 4. The molecule has 4 rings (SSSR count). The van der Waals surface area contributed by atoms with Gasteiger partial charge in [-0.2, -0.15) is 0 Å². The average molecular weight is 460 g/mol. The van der Waals surface area contributed by atoms with E-state index in [-0.39, 0.29) is 42.7 Å². The third-order valence-electron chi connectivity index (χ3n) is 5.45. The lowest BCUT2D eigenvalue weighted by molar-refractivity contribution is -0.136. The Labute approximate surface area is 187 Å². The second-order valence-electron chi connectivity index (χ2n) is 7.67. The SMILES string of the molecule is Cc1ccc(NC(=O)OCc2cc(F)c3c(c2)C(=O)N(C2CCC(=O)NC2=O)C3)cc1Cl. The number of fused-ring (bicyclic) bond motifs is 1. The van der Waals surface area contributed by atoms with Crippen LogP contribution in [0, 0.1) is 12.7 Å². The van der Waals surface area contributed by atoms with Gasteiger partial charge in [-0.1, -0.05) is 17.7 Å². The molecule has 0 aliphatic carbocycles.